The number of rotatable bonds is 3. The van der Waals surface area contributed by atoms with Crippen LogP contribution in [0.1, 0.15) is 11.1 Å². The van der Waals surface area contributed by atoms with E-state index in [1.165, 1.54) is 0 Å². The Morgan fingerprint density at radius 3 is 1.95 bits per heavy atom. The molecule has 1 heterocycles. The molecule has 0 aromatic heterocycles. The first-order valence-corrected chi connectivity index (χ1v) is 6.96. The van der Waals surface area contributed by atoms with Gasteiger partial charge in [0.15, 0.2) is 0 Å². The summed E-state index contributed by atoms with van der Waals surface area (Å²) in [5.74, 6) is 0. The minimum absolute atomic E-state index is 0.152. The second kappa shape index (κ2) is 5.75. The highest BCUT2D eigenvalue weighted by Gasteiger charge is 2.41. The number of morpholine rings is 1. The van der Waals surface area contributed by atoms with E-state index in [2.05, 4.69) is 5.32 Å². The topological polar surface area (TPSA) is 41.5 Å². The zero-order valence-corrected chi connectivity index (χ0v) is 11.3. The third kappa shape index (κ3) is 2.36. The summed E-state index contributed by atoms with van der Waals surface area (Å²) in [6.45, 7) is 1.95. The summed E-state index contributed by atoms with van der Waals surface area (Å²) in [5.41, 5.74) is 0.687. The summed E-state index contributed by atoms with van der Waals surface area (Å²) in [5, 5.41) is 14.8. The van der Waals surface area contributed by atoms with Crippen LogP contribution in [0, 0.1) is 0 Å². The van der Waals surface area contributed by atoms with Crippen molar-refractivity contribution in [3.05, 3.63) is 71.8 Å². The average Bonchev–Trinajstić information content (AvgIpc) is 2.56. The lowest BCUT2D eigenvalue weighted by molar-refractivity contribution is -0.0299. The van der Waals surface area contributed by atoms with Gasteiger partial charge in [0.2, 0.25) is 0 Å². The van der Waals surface area contributed by atoms with Crippen molar-refractivity contribution in [3.63, 3.8) is 0 Å². The number of ether oxygens (including phenoxy) is 1. The van der Waals surface area contributed by atoms with Crippen molar-refractivity contribution in [1.82, 2.24) is 5.32 Å². The Hall–Kier alpha value is -1.68. The maximum Gasteiger partial charge on any atom is 0.132 e. The molecule has 0 spiro atoms. The molecule has 0 aliphatic carbocycles. The van der Waals surface area contributed by atoms with Crippen LogP contribution in [-0.2, 0) is 10.3 Å². The van der Waals surface area contributed by atoms with Crippen molar-refractivity contribution < 1.29 is 9.84 Å². The molecular formula is C17H19NO2. The van der Waals surface area contributed by atoms with E-state index >= 15 is 0 Å². The molecule has 1 aliphatic rings. The molecule has 1 fully saturated rings. The molecule has 104 valence electrons. The standard InChI is InChI=1S/C17H19NO2/c19-17(14-7-3-1-4-8-14,15-9-5-2-6-10-15)16-13-20-12-11-18-16/h1-10,16,18-19H,11-13H2/t16-/m0/s1. The Kier molecular flexibility index (Phi) is 3.83. The molecule has 2 N–H and O–H groups in total. The van der Waals surface area contributed by atoms with Gasteiger partial charge in [-0.25, -0.2) is 0 Å². The number of hydrogen-bond acceptors (Lipinski definition) is 3. The summed E-state index contributed by atoms with van der Waals surface area (Å²) >= 11 is 0. The highest BCUT2D eigenvalue weighted by Crippen LogP contribution is 2.33. The Morgan fingerprint density at radius 2 is 1.50 bits per heavy atom. The smallest absolute Gasteiger partial charge is 0.132 e. The Labute approximate surface area is 119 Å². The van der Waals surface area contributed by atoms with E-state index < -0.39 is 5.60 Å². The lowest BCUT2D eigenvalue weighted by Crippen LogP contribution is -2.55. The van der Waals surface area contributed by atoms with Gasteiger partial charge in [-0.05, 0) is 11.1 Å². The van der Waals surface area contributed by atoms with E-state index in [1.807, 2.05) is 60.7 Å². The molecule has 0 unspecified atom stereocenters. The van der Waals surface area contributed by atoms with Crippen molar-refractivity contribution in [2.24, 2.45) is 0 Å². The monoisotopic (exact) mass is 269 g/mol. The van der Waals surface area contributed by atoms with Crippen LogP contribution in [0.5, 0.6) is 0 Å². The summed E-state index contributed by atoms with van der Waals surface area (Å²) < 4.78 is 5.55. The quantitative estimate of drug-likeness (QED) is 0.894. The fourth-order valence-corrected chi connectivity index (χ4v) is 2.79. The van der Waals surface area contributed by atoms with Crippen LogP contribution in [0.3, 0.4) is 0 Å². The summed E-state index contributed by atoms with van der Waals surface area (Å²) in [6.07, 6.45) is 0. The zero-order chi connectivity index (χ0) is 13.8. The molecule has 1 saturated heterocycles. The van der Waals surface area contributed by atoms with Crippen LogP contribution in [0.15, 0.2) is 60.7 Å². The van der Waals surface area contributed by atoms with E-state index in [0.29, 0.717) is 13.2 Å². The van der Waals surface area contributed by atoms with E-state index in [-0.39, 0.29) is 6.04 Å². The first-order chi connectivity index (χ1) is 9.82. The van der Waals surface area contributed by atoms with Gasteiger partial charge in [0.25, 0.3) is 0 Å². The SMILES string of the molecule is OC(c1ccccc1)(c1ccccc1)[C@@H]1COCCN1. The van der Waals surface area contributed by atoms with Gasteiger partial charge in [-0.15, -0.1) is 0 Å². The molecular weight excluding hydrogens is 250 g/mol. The normalized spacial score (nSPS) is 19.8. The van der Waals surface area contributed by atoms with Gasteiger partial charge in [0, 0.05) is 6.54 Å². The van der Waals surface area contributed by atoms with Gasteiger partial charge >= 0.3 is 0 Å². The number of benzene rings is 2. The van der Waals surface area contributed by atoms with Crippen LogP contribution in [0.25, 0.3) is 0 Å². The van der Waals surface area contributed by atoms with Gasteiger partial charge in [-0.2, -0.15) is 0 Å². The molecule has 1 aliphatic heterocycles. The molecule has 2 aromatic carbocycles. The van der Waals surface area contributed by atoms with Gasteiger partial charge in [0.05, 0.1) is 19.3 Å². The molecule has 3 rings (SSSR count). The zero-order valence-electron chi connectivity index (χ0n) is 11.3. The van der Waals surface area contributed by atoms with E-state index in [9.17, 15) is 5.11 Å². The van der Waals surface area contributed by atoms with Crippen molar-refractivity contribution in [2.45, 2.75) is 11.6 Å². The van der Waals surface area contributed by atoms with Gasteiger partial charge in [0.1, 0.15) is 5.60 Å². The largest absolute Gasteiger partial charge is 0.379 e. The van der Waals surface area contributed by atoms with Crippen molar-refractivity contribution in [3.8, 4) is 0 Å². The summed E-state index contributed by atoms with van der Waals surface area (Å²) in [4.78, 5) is 0. The Balaban J connectivity index is 2.07. The van der Waals surface area contributed by atoms with Gasteiger partial charge in [-0.1, -0.05) is 60.7 Å². The molecule has 0 radical (unpaired) electrons. The predicted molar refractivity (Wildman–Crippen MR) is 78.5 cm³/mol. The van der Waals surface area contributed by atoms with Crippen molar-refractivity contribution >= 4 is 0 Å². The van der Waals surface area contributed by atoms with Crippen LogP contribution in [0.2, 0.25) is 0 Å². The fourth-order valence-electron chi connectivity index (χ4n) is 2.79. The third-order valence-electron chi connectivity index (χ3n) is 3.85. The highest BCUT2D eigenvalue weighted by molar-refractivity contribution is 5.38. The summed E-state index contributed by atoms with van der Waals surface area (Å²) in [6, 6.07) is 19.4. The number of nitrogens with one attached hydrogen (secondary N) is 1. The van der Waals surface area contributed by atoms with E-state index in [1.54, 1.807) is 0 Å². The molecule has 0 bridgehead atoms. The van der Waals surface area contributed by atoms with Crippen LogP contribution in [0.4, 0.5) is 0 Å². The molecule has 2 aromatic rings. The second-order valence-corrected chi connectivity index (χ2v) is 5.08. The third-order valence-corrected chi connectivity index (χ3v) is 3.85. The highest BCUT2D eigenvalue weighted by atomic mass is 16.5. The Bertz CT molecular complexity index is 496. The molecule has 0 amide bonds. The maximum atomic E-state index is 11.4. The minimum atomic E-state index is -1.08. The van der Waals surface area contributed by atoms with Crippen LogP contribution < -0.4 is 5.32 Å². The van der Waals surface area contributed by atoms with Crippen LogP contribution >= 0.6 is 0 Å². The first-order valence-electron chi connectivity index (χ1n) is 6.96. The second-order valence-electron chi connectivity index (χ2n) is 5.08. The van der Waals surface area contributed by atoms with Crippen LogP contribution in [-0.4, -0.2) is 30.9 Å². The first kappa shape index (κ1) is 13.3. The lowest BCUT2D eigenvalue weighted by Gasteiger charge is -2.39. The summed E-state index contributed by atoms with van der Waals surface area (Å²) in [7, 11) is 0. The van der Waals surface area contributed by atoms with Crippen molar-refractivity contribution in [2.75, 3.05) is 19.8 Å². The fraction of sp³-hybridized carbons (Fsp3) is 0.294. The van der Waals surface area contributed by atoms with Gasteiger partial charge < -0.3 is 15.2 Å². The van der Waals surface area contributed by atoms with E-state index in [0.717, 1.165) is 17.7 Å². The average molecular weight is 269 g/mol. The molecule has 3 heteroatoms. The minimum Gasteiger partial charge on any atom is -0.379 e. The van der Waals surface area contributed by atoms with Gasteiger partial charge in [-0.3, -0.25) is 0 Å². The molecule has 0 saturated carbocycles. The molecule has 20 heavy (non-hydrogen) atoms. The molecule has 3 nitrogen and oxygen atoms in total. The number of aliphatic hydroxyl groups is 1. The Morgan fingerprint density at radius 1 is 0.950 bits per heavy atom. The predicted octanol–water partition coefficient (Wildman–Crippen LogP) is 1.91. The maximum absolute atomic E-state index is 11.4. The van der Waals surface area contributed by atoms with Crippen molar-refractivity contribution in [1.29, 1.82) is 0 Å². The lowest BCUT2D eigenvalue weighted by atomic mass is 9.80. The molecule has 1 atom stereocenters. The number of hydrogen-bond donors (Lipinski definition) is 2. The van der Waals surface area contributed by atoms with E-state index in [4.69, 9.17) is 4.74 Å².